The van der Waals surface area contributed by atoms with Crippen molar-refractivity contribution >= 4 is 30.3 Å². The van der Waals surface area contributed by atoms with Gasteiger partial charge < -0.3 is 15.5 Å². The highest BCUT2D eigenvalue weighted by Crippen LogP contribution is 2.16. The summed E-state index contributed by atoms with van der Waals surface area (Å²) in [6.45, 7) is 1.68. The number of benzene rings is 1. The minimum atomic E-state index is -0.385. The van der Waals surface area contributed by atoms with Gasteiger partial charge in [-0.25, -0.2) is 4.79 Å². The molecule has 8 heteroatoms. The summed E-state index contributed by atoms with van der Waals surface area (Å²) in [5, 5.41) is 5.72. The maximum Gasteiger partial charge on any atom is 0.324 e. The van der Waals surface area contributed by atoms with Crippen LogP contribution in [0, 0.1) is 0 Å². The summed E-state index contributed by atoms with van der Waals surface area (Å²) < 4.78 is 0. The van der Waals surface area contributed by atoms with E-state index in [-0.39, 0.29) is 43.3 Å². The van der Waals surface area contributed by atoms with Crippen LogP contribution in [-0.4, -0.2) is 60.4 Å². The number of piperidine rings is 1. The number of likely N-dealkylation sites (N-methyl/N-ethyl adjacent to an activating group) is 1. The number of imide groups is 1. The van der Waals surface area contributed by atoms with Crippen molar-refractivity contribution in [3.8, 4) is 0 Å². The largest absolute Gasteiger partial charge is 0.337 e. The Hall–Kier alpha value is -2.12. The van der Waals surface area contributed by atoms with Crippen molar-refractivity contribution < 1.29 is 14.4 Å². The molecule has 0 saturated carbocycles. The fraction of sp³-hybridized carbons (Fsp3) is 0.471. The van der Waals surface area contributed by atoms with E-state index in [1.54, 1.807) is 18.2 Å². The van der Waals surface area contributed by atoms with Crippen LogP contribution in [-0.2, 0) is 11.3 Å². The molecular weight excluding hydrogens is 344 g/mol. The Balaban J connectivity index is 0.00000225. The number of urea groups is 1. The average Bonchev–Trinajstić information content (AvgIpc) is 2.93. The van der Waals surface area contributed by atoms with Crippen LogP contribution in [0.2, 0.25) is 0 Å². The molecule has 7 nitrogen and oxygen atoms in total. The molecule has 136 valence electrons. The fourth-order valence-electron chi connectivity index (χ4n) is 3.18. The highest BCUT2D eigenvalue weighted by Gasteiger charge is 2.29. The third-order valence-electron chi connectivity index (χ3n) is 4.57. The van der Waals surface area contributed by atoms with Crippen LogP contribution in [0.4, 0.5) is 4.79 Å². The van der Waals surface area contributed by atoms with Crippen molar-refractivity contribution in [1.82, 2.24) is 20.4 Å². The minimum Gasteiger partial charge on any atom is -0.337 e. The molecule has 2 fully saturated rings. The van der Waals surface area contributed by atoms with E-state index in [0.29, 0.717) is 18.2 Å². The molecule has 0 bridgehead atoms. The summed E-state index contributed by atoms with van der Waals surface area (Å²) >= 11 is 0. The van der Waals surface area contributed by atoms with Crippen molar-refractivity contribution in [3.05, 3.63) is 35.4 Å². The van der Waals surface area contributed by atoms with Crippen molar-refractivity contribution in [2.24, 2.45) is 0 Å². The van der Waals surface area contributed by atoms with Gasteiger partial charge in [0.25, 0.3) is 5.91 Å². The van der Waals surface area contributed by atoms with E-state index in [2.05, 4.69) is 10.6 Å². The number of halogens is 1. The van der Waals surface area contributed by atoms with Crippen molar-refractivity contribution in [2.45, 2.75) is 25.4 Å². The lowest BCUT2D eigenvalue weighted by atomic mass is 10.0. The summed E-state index contributed by atoms with van der Waals surface area (Å²) in [5.74, 6) is -0.251. The zero-order valence-corrected chi connectivity index (χ0v) is 15.0. The molecule has 1 atom stereocenters. The number of carbonyl (C=O) groups is 3. The van der Waals surface area contributed by atoms with E-state index in [1.165, 1.54) is 4.90 Å². The third-order valence-corrected chi connectivity index (χ3v) is 4.57. The number of nitrogens with zero attached hydrogens (tertiary/aromatic N) is 2. The first-order chi connectivity index (χ1) is 11.6. The summed E-state index contributed by atoms with van der Waals surface area (Å²) in [4.78, 5) is 39.1. The Kier molecular flexibility index (Phi) is 6.39. The molecule has 0 aliphatic carbocycles. The van der Waals surface area contributed by atoms with Gasteiger partial charge in [0.15, 0.2) is 0 Å². The van der Waals surface area contributed by atoms with Crippen molar-refractivity contribution in [2.75, 3.05) is 26.7 Å². The average molecular weight is 367 g/mol. The lowest BCUT2D eigenvalue weighted by Crippen LogP contribution is -2.47. The van der Waals surface area contributed by atoms with E-state index in [4.69, 9.17) is 0 Å². The van der Waals surface area contributed by atoms with Crippen LogP contribution >= 0.6 is 12.4 Å². The molecule has 1 unspecified atom stereocenters. The lowest BCUT2D eigenvalue weighted by Gasteiger charge is -2.32. The number of carbonyl (C=O) groups excluding carboxylic acids is 3. The topological polar surface area (TPSA) is 81.8 Å². The predicted octanol–water partition coefficient (Wildman–Crippen LogP) is 0.984. The summed E-state index contributed by atoms with van der Waals surface area (Å²) in [7, 11) is 1.91. The van der Waals surface area contributed by atoms with Gasteiger partial charge in [-0.3, -0.25) is 14.5 Å². The Morgan fingerprint density at radius 2 is 2.16 bits per heavy atom. The van der Waals surface area contributed by atoms with Gasteiger partial charge in [-0.1, -0.05) is 12.1 Å². The number of likely N-dealkylation sites (tertiary alicyclic amines) is 1. The van der Waals surface area contributed by atoms with E-state index < -0.39 is 0 Å². The number of hydrogen-bond acceptors (Lipinski definition) is 4. The first-order valence-corrected chi connectivity index (χ1v) is 8.22. The van der Waals surface area contributed by atoms with Gasteiger partial charge in [-0.15, -0.1) is 12.4 Å². The van der Waals surface area contributed by atoms with E-state index >= 15 is 0 Å². The molecule has 0 radical (unpaired) electrons. The molecule has 0 aromatic heterocycles. The number of nitrogens with one attached hydrogen (secondary N) is 2. The third kappa shape index (κ3) is 4.29. The molecule has 2 saturated heterocycles. The Labute approximate surface area is 153 Å². The van der Waals surface area contributed by atoms with Crippen LogP contribution in [0.1, 0.15) is 28.8 Å². The monoisotopic (exact) mass is 366 g/mol. The predicted molar refractivity (Wildman–Crippen MR) is 95.6 cm³/mol. The Morgan fingerprint density at radius 1 is 1.36 bits per heavy atom. The summed E-state index contributed by atoms with van der Waals surface area (Å²) in [6, 6.07) is 7.11. The van der Waals surface area contributed by atoms with Crippen LogP contribution < -0.4 is 10.6 Å². The Morgan fingerprint density at radius 3 is 2.84 bits per heavy atom. The molecule has 4 amide bonds. The molecule has 2 aliphatic rings. The van der Waals surface area contributed by atoms with E-state index in [0.717, 1.165) is 24.9 Å². The van der Waals surface area contributed by atoms with Crippen LogP contribution in [0.3, 0.4) is 0 Å². The first-order valence-electron chi connectivity index (χ1n) is 8.22. The van der Waals surface area contributed by atoms with E-state index in [1.807, 2.05) is 18.0 Å². The maximum atomic E-state index is 12.7. The molecule has 2 N–H and O–H groups in total. The standard InChI is InChI=1S/C17H22N4O3.ClH/c1-18-14-6-3-7-20(11-14)16(23)13-5-2-4-12(8-13)10-21-15(22)9-19-17(21)24;/h2,4-5,8,14,18H,3,6-7,9-11H2,1H3,(H,19,24);1H. The van der Waals surface area contributed by atoms with Gasteiger partial charge in [0.1, 0.15) is 0 Å². The summed E-state index contributed by atoms with van der Waals surface area (Å²) in [6.07, 6.45) is 2.06. The maximum absolute atomic E-state index is 12.7. The summed E-state index contributed by atoms with van der Waals surface area (Å²) in [5.41, 5.74) is 1.37. The Bertz CT molecular complexity index is 651. The molecule has 25 heavy (non-hydrogen) atoms. The zero-order valence-electron chi connectivity index (χ0n) is 14.2. The zero-order chi connectivity index (χ0) is 17.1. The van der Waals surface area contributed by atoms with Gasteiger partial charge >= 0.3 is 6.03 Å². The lowest BCUT2D eigenvalue weighted by molar-refractivity contribution is -0.125. The first kappa shape index (κ1) is 19.2. The smallest absolute Gasteiger partial charge is 0.324 e. The molecule has 3 rings (SSSR count). The molecular formula is C17H23ClN4O3. The quantitative estimate of drug-likeness (QED) is 0.778. The van der Waals surface area contributed by atoms with Crippen molar-refractivity contribution in [1.29, 1.82) is 0 Å². The normalized spacial score (nSPS) is 20.3. The van der Waals surface area contributed by atoms with Gasteiger partial charge in [0, 0.05) is 24.7 Å². The highest BCUT2D eigenvalue weighted by atomic mass is 35.5. The second-order valence-electron chi connectivity index (χ2n) is 6.22. The molecule has 2 aliphatic heterocycles. The van der Waals surface area contributed by atoms with Gasteiger partial charge in [0.05, 0.1) is 13.1 Å². The van der Waals surface area contributed by atoms with Crippen molar-refractivity contribution in [3.63, 3.8) is 0 Å². The highest BCUT2D eigenvalue weighted by molar-refractivity contribution is 6.02. The minimum absolute atomic E-state index is 0. The van der Waals surface area contributed by atoms with E-state index in [9.17, 15) is 14.4 Å². The van der Waals surface area contributed by atoms with Crippen LogP contribution in [0.15, 0.2) is 24.3 Å². The molecule has 1 aromatic rings. The van der Waals surface area contributed by atoms with Gasteiger partial charge in [-0.2, -0.15) is 0 Å². The van der Waals surface area contributed by atoms with Gasteiger partial charge in [0.2, 0.25) is 5.91 Å². The number of hydrogen-bond donors (Lipinski definition) is 2. The second-order valence-corrected chi connectivity index (χ2v) is 6.22. The van der Waals surface area contributed by atoms with Crippen LogP contribution in [0.5, 0.6) is 0 Å². The number of amides is 4. The SMILES string of the molecule is CNC1CCCN(C(=O)c2cccc(CN3C(=O)CNC3=O)c2)C1.Cl. The molecule has 1 aromatic carbocycles. The van der Waals surface area contributed by atoms with Crippen LogP contribution in [0.25, 0.3) is 0 Å². The second kappa shape index (κ2) is 8.31. The molecule has 0 spiro atoms. The fourth-order valence-corrected chi connectivity index (χ4v) is 3.18. The van der Waals surface area contributed by atoms with Gasteiger partial charge in [-0.05, 0) is 37.6 Å². The number of rotatable bonds is 4. The molecule has 2 heterocycles.